The predicted molar refractivity (Wildman–Crippen MR) is 171 cm³/mol. The number of rotatable bonds is 2. The molecule has 6 aromatic carbocycles. The molecule has 0 N–H and O–H groups in total. The normalized spacial score (nSPS) is 12.4. The molecule has 2 aromatic heterocycles. The Morgan fingerprint density at radius 3 is 2.26 bits per heavy atom. The molecule has 202 valence electrons. The molecule has 5 nitrogen and oxygen atoms in total. The summed E-state index contributed by atoms with van der Waals surface area (Å²) in [7, 11) is 0. The Morgan fingerprint density at radius 2 is 1.33 bits per heavy atom. The summed E-state index contributed by atoms with van der Waals surface area (Å²) in [6, 6.07) is 41.3. The van der Waals surface area contributed by atoms with Gasteiger partial charge in [-0.25, -0.2) is 4.85 Å². The summed E-state index contributed by atoms with van der Waals surface area (Å²) in [5.41, 5.74) is 9.57. The second-order valence-electron chi connectivity index (χ2n) is 10.8. The van der Waals surface area contributed by atoms with Crippen LogP contribution in [0, 0.1) is 6.57 Å². The maximum Gasteiger partial charge on any atom is 0.230 e. The molecule has 0 unspecified atom stereocenters. The Bertz CT molecular complexity index is 2460. The quantitative estimate of drug-likeness (QED) is 0.200. The van der Waals surface area contributed by atoms with E-state index in [1.54, 1.807) is 0 Å². The van der Waals surface area contributed by atoms with Crippen LogP contribution in [-0.2, 0) is 0 Å². The van der Waals surface area contributed by atoms with Crippen LogP contribution in [0.5, 0.6) is 11.5 Å². The molecule has 5 heteroatoms. The van der Waals surface area contributed by atoms with Crippen molar-refractivity contribution in [3.05, 3.63) is 133 Å². The van der Waals surface area contributed by atoms with E-state index in [1.165, 1.54) is 0 Å². The van der Waals surface area contributed by atoms with Gasteiger partial charge in [0.15, 0.2) is 5.69 Å². The standard InChI is InChI=1S/C38H22N2O3/c1-39-25-12-16-34-31(20-25)27-6-2-4-8-33(27)40(34)26-13-17-35-32(21-26)30-15-11-23(18-37(30)42-22-41-35)24-10-14-29-28-7-3-5-9-36(28)43-38(29)19-24/h2-21H,22H2. The van der Waals surface area contributed by atoms with Gasteiger partial charge in [0.05, 0.1) is 17.6 Å². The summed E-state index contributed by atoms with van der Waals surface area (Å²) in [5, 5.41) is 4.40. The highest BCUT2D eigenvalue weighted by molar-refractivity contribution is 6.10. The van der Waals surface area contributed by atoms with Gasteiger partial charge in [0.25, 0.3) is 0 Å². The van der Waals surface area contributed by atoms with Crippen LogP contribution in [0.4, 0.5) is 5.69 Å². The Hall–Kier alpha value is -5.99. The summed E-state index contributed by atoms with van der Waals surface area (Å²) in [6.07, 6.45) is 0. The lowest BCUT2D eigenvalue weighted by molar-refractivity contribution is 0.125. The Kier molecular flexibility index (Phi) is 4.96. The molecule has 1 aliphatic rings. The van der Waals surface area contributed by atoms with Gasteiger partial charge in [-0.2, -0.15) is 0 Å². The third kappa shape index (κ3) is 3.57. The molecule has 0 aliphatic carbocycles. The van der Waals surface area contributed by atoms with Gasteiger partial charge in [0.2, 0.25) is 6.79 Å². The molecule has 0 fully saturated rings. The maximum absolute atomic E-state index is 7.51. The number of para-hydroxylation sites is 2. The van der Waals surface area contributed by atoms with Crippen LogP contribution in [0.25, 0.3) is 76.5 Å². The molecule has 9 rings (SSSR count). The number of aromatic nitrogens is 1. The maximum atomic E-state index is 7.51. The third-order valence-electron chi connectivity index (χ3n) is 8.42. The number of hydrogen-bond acceptors (Lipinski definition) is 3. The number of hydrogen-bond donors (Lipinski definition) is 0. The van der Waals surface area contributed by atoms with E-state index in [0.29, 0.717) is 5.69 Å². The average molecular weight is 555 g/mol. The fraction of sp³-hybridized carbons (Fsp3) is 0.0263. The molecule has 1 aliphatic heterocycles. The van der Waals surface area contributed by atoms with Crippen LogP contribution in [0.1, 0.15) is 0 Å². The monoisotopic (exact) mass is 554 g/mol. The fourth-order valence-corrected chi connectivity index (χ4v) is 6.41. The van der Waals surface area contributed by atoms with Gasteiger partial charge in [0, 0.05) is 33.0 Å². The van der Waals surface area contributed by atoms with E-state index in [0.717, 1.165) is 83.2 Å². The molecule has 8 aromatic rings. The number of fused-ring (bicyclic) bond motifs is 9. The van der Waals surface area contributed by atoms with Gasteiger partial charge < -0.3 is 18.5 Å². The van der Waals surface area contributed by atoms with E-state index in [2.05, 4.69) is 76.1 Å². The minimum atomic E-state index is 0.125. The van der Waals surface area contributed by atoms with Crippen LogP contribution >= 0.6 is 0 Å². The summed E-state index contributed by atoms with van der Waals surface area (Å²) in [4.78, 5) is 3.66. The molecule has 0 bridgehead atoms. The zero-order valence-electron chi connectivity index (χ0n) is 22.9. The summed E-state index contributed by atoms with van der Waals surface area (Å²) in [6.45, 7) is 7.63. The lowest BCUT2D eigenvalue weighted by Gasteiger charge is -2.13. The average Bonchev–Trinajstić information content (AvgIpc) is 3.53. The van der Waals surface area contributed by atoms with Gasteiger partial charge in [-0.1, -0.05) is 54.6 Å². The molecule has 0 atom stereocenters. The number of ether oxygens (including phenoxy) is 2. The van der Waals surface area contributed by atoms with Crippen molar-refractivity contribution in [2.75, 3.05) is 6.79 Å². The lowest BCUT2D eigenvalue weighted by Crippen LogP contribution is -2.03. The second-order valence-corrected chi connectivity index (χ2v) is 10.8. The largest absolute Gasteiger partial charge is 0.457 e. The van der Waals surface area contributed by atoms with Crippen LogP contribution < -0.4 is 9.47 Å². The predicted octanol–water partition coefficient (Wildman–Crippen LogP) is 10.3. The first-order valence-electron chi connectivity index (χ1n) is 14.1. The van der Waals surface area contributed by atoms with Crippen molar-refractivity contribution in [2.24, 2.45) is 0 Å². The molecule has 0 saturated heterocycles. The van der Waals surface area contributed by atoms with E-state index >= 15 is 0 Å². The topological polar surface area (TPSA) is 40.9 Å². The van der Waals surface area contributed by atoms with Crippen molar-refractivity contribution in [3.8, 4) is 39.4 Å². The fourth-order valence-electron chi connectivity index (χ4n) is 6.41. The first kappa shape index (κ1) is 23.7. The van der Waals surface area contributed by atoms with Crippen molar-refractivity contribution in [1.82, 2.24) is 4.57 Å². The molecule has 43 heavy (non-hydrogen) atoms. The van der Waals surface area contributed by atoms with Gasteiger partial charge in [-0.05, 0) is 83.2 Å². The molecular weight excluding hydrogens is 532 g/mol. The summed E-state index contributed by atoms with van der Waals surface area (Å²) < 4.78 is 20.6. The zero-order valence-corrected chi connectivity index (χ0v) is 22.9. The first-order valence-corrected chi connectivity index (χ1v) is 14.1. The first-order chi connectivity index (χ1) is 21.2. The van der Waals surface area contributed by atoms with Gasteiger partial charge in [-0.15, -0.1) is 0 Å². The van der Waals surface area contributed by atoms with Crippen molar-refractivity contribution >= 4 is 49.4 Å². The molecule has 3 heterocycles. The highest BCUT2D eigenvalue weighted by atomic mass is 16.7. The van der Waals surface area contributed by atoms with E-state index in [4.69, 9.17) is 20.5 Å². The smallest absolute Gasteiger partial charge is 0.230 e. The highest BCUT2D eigenvalue weighted by Gasteiger charge is 2.20. The van der Waals surface area contributed by atoms with Crippen LogP contribution in [0.2, 0.25) is 0 Å². The molecule has 0 spiro atoms. The lowest BCUT2D eigenvalue weighted by atomic mass is 9.97. The summed E-state index contributed by atoms with van der Waals surface area (Å²) in [5.74, 6) is 1.54. The van der Waals surface area contributed by atoms with Crippen molar-refractivity contribution in [1.29, 1.82) is 0 Å². The van der Waals surface area contributed by atoms with Crippen LogP contribution in [0.15, 0.2) is 126 Å². The minimum Gasteiger partial charge on any atom is -0.457 e. The number of benzene rings is 6. The van der Waals surface area contributed by atoms with Crippen molar-refractivity contribution in [3.63, 3.8) is 0 Å². The minimum absolute atomic E-state index is 0.125. The molecule has 0 radical (unpaired) electrons. The third-order valence-corrected chi connectivity index (χ3v) is 8.42. The van der Waals surface area contributed by atoms with Crippen molar-refractivity contribution < 1.29 is 13.9 Å². The van der Waals surface area contributed by atoms with Gasteiger partial charge in [0.1, 0.15) is 22.7 Å². The van der Waals surface area contributed by atoms with Crippen LogP contribution in [-0.4, -0.2) is 11.4 Å². The van der Waals surface area contributed by atoms with Gasteiger partial charge in [-0.3, -0.25) is 0 Å². The molecule has 0 amide bonds. The Morgan fingerprint density at radius 1 is 0.558 bits per heavy atom. The Balaban J connectivity index is 1.18. The van der Waals surface area contributed by atoms with E-state index in [9.17, 15) is 0 Å². The van der Waals surface area contributed by atoms with Gasteiger partial charge >= 0.3 is 0 Å². The number of nitrogens with zero attached hydrogens (tertiary/aromatic N) is 2. The van der Waals surface area contributed by atoms with E-state index < -0.39 is 0 Å². The SMILES string of the molecule is [C-]#[N+]c1ccc2c(c1)c1ccccc1n2-c1ccc2c(c1)-c1ccc(-c3ccc4c(c3)oc3ccccc34)cc1OCO2. The highest BCUT2D eigenvalue weighted by Crippen LogP contribution is 2.44. The zero-order chi connectivity index (χ0) is 28.5. The Labute approximate surface area is 246 Å². The van der Waals surface area contributed by atoms with Crippen molar-refractivity contribution in [2.45, 2.75) is 0 Å². The van der Waals surface area contributed by atoms with E-state index in [-0.39, 0.29) is 6.79 Å². The number of furan rings is 1. The second kappa shape index (κ2) is 9.01. The summed E-state index contributed by atoms with van der Waals surface area (Å²) >= 11 is 0. The van der Waals surface area contributed by atoms with E-state index in [1.807, 2.05) is 54.6 Å². The van der Waals surface area contributed by atoms with Crippen LogP contribution in [0.3, 0.4) is 0 Å². The molecule has 0 saturated carbocycles. The molecular formula is C38H22N2O3.